The Bertz CT molecular complexity index is 1030. The molecule has 1 aromatic carbocycles. The van der Waals surface area contributed by atoms with Gasteiger partial charge < -0.3 is 9.88 Å². The molecule has 4 nitrogen and oxygen atoms in total. The van der Waals surface area contributed by atoms with E-state index in [4.69, 9.17) is 0 Å². The van der Waals surface area contributed by atoms with Gasteiger partial charge in [-0.1, -0.05) is 18.2 Å². The van der Waals surface area contributed by atoms with Crippen LogP contribution in [0.1, 0.15) is 21.8 Å². The summed E-state index contributed by atoms with van der Waals surface area (Å²) in [5.74, 6) is -0.0288. The van der Waals surface area contributed by atoms with Crippen molar-refractivity contribution in [2.45, 2.75) is 19.9 Å². The molecule has 0 atom stereocenters. The molecule has 0 aliphatic carbocycles. The van der Waals surface area contributed by atoms with E-state index in [0.29, 0.717) is 11.4 Å². The largest absolute Gasteiger partial charge is 0.351 e. The number of aryl methyl sites for hydroxylation is 2. The quantitative estimate of drug-likeness (QED) is 0.480. The van der Waals surface area contributed by atoms with Crippen LogP contribution in [0, 0.1) is 6.92 Å². The summed E-state index contributed by atoms with van der Waals surface area (Å²) < 4.78 is 2.23. The summed E-state index contributed by atoms with van der Waals surface area (Å²) in [4.78, 5) is 17.7. The Morgan fingerprint density at radius 2 is 2.12 bits per heavy atom. The zero-order chi connectivity index (χ0) is 17.9. The van der Waals surface area contributed by atoms with E-state index >= 15 is 0 Å². The fraction of sp³-hybridized carbons (Fsp3) is 0.200. The number of aromatic nitrogens is 2. The number of nitrogens with zero attached hydrogens (tertiary/aromatic N) is 2. The van der Waals surface area contributed by atoms with Crippen LogP contribution in [-0.2, 0) is 6.54 Å². The lowest BCUT2D eigenvalue weighted by Crippen LogP contribution is -2.25. The SMILES string of the molecule is Cc1nc(-c2ccsc2)sc1C(=O)NCCCn1ccc2ccccc21. The first-order valence-corrected chi connectivity index (χ1v) is 10.3. The van der Waals surface area contributed by atoms with Gasteiger partial charge in [-0.3, -0.25) is 4.79 Å². The van der Waals surface area contributed by atoms with E-state index in [1.807, 2.05) is 18.4 Å². The lowest BCUT2D eigenvalue weighted by atomic mass is 10.2. The fourth-order valence-electron chi connectivity index (χ4n) is 2.98. The molecule has 0 aliphatic heterocycles. The van der Waals surface area contributed by atoms with E-state index in [-0.39, 0.29) is 5.91 Å². The molecule has 26 heavy (non-hydrogen) atoms. The molecule has 0 unspecified atom stereocenters. The van der Waals surface area contributed by atoms with Crippen LogP contribution in [0.3, 0.4) is 0 Å². The summed E-state index contributed by atoms with van der Waals surface area (Å²) in [6.07, 6.45) is 2.99. The van der Waals surface area contributed by atoms with Crippen molar-refractivity contribution in [1.29, 1.82) is 0 Å². The Morgan fingerprint density at radius 3 is 2.96 bits per heavy atom. The number of thiophene rings is 1. The number of amides is 1. The molecule has 3 heterocycles. The number of benzene rings is 1. The molecule has 6 heteroatoms. The van der Waals surface area contributed by atoms with E-state index in [9.17, 15) is 4.79 Å². The highest BCUT2D eigenvalue weighted by molar-refractivity contribution is 7.17. The number of hydrogen-bond donors (Lipinski definition) is 1. The lowest BCUT2D eigenvalue weighted by Gasteiger charge is -2.07. The maximum atomic E-state index is 12.5. The van der Waals surface area contributed by atoms with Gasteiger partial charge in [0.1, 0.15) is 9.88 Å². The number of thiazole rings is 1. The number of rotatable bonds is 6. The third-order valence-corrected chi connectivity index (χ3v) is 6.20. The van der Waals surface area contributed by atoms with Crippen LogP contribution in [0.4, 0.5) is 0 Å². The van der Waals surface area contributed by atoms with Crippen molar-refractivity contribution >= 4 is 39.5 Å². The number of hydrogen-bond acceptors (Lipinski definition) is 4. The van der Waals surface area contributed by atoms with Gasteiger partial charge in [-0.25, -0.2) is 4.98 Å². The molecule has 3 aromatic heterocycles. The predicted octanol–water partition coefficient (Wildman–Crippen LogP) is 4.95. The van der Waals surface area contributed by atoms with Crippen LogP contribution in [0.25, 0.3) is 21.5 Å². The summed E-state index contributed by atoms with van der Waals surface area (Å²) in [7, 11) is 0. The fourth-order valence-corrected chi connectivity index (χ4v) is 4.68. The molecule has 0 saturated carbocycles. The van der Waals surface area contributed by atoms with Gasteiger partial charge in [-0.2, -0.15) is 11.3 Å². The van der Waals surface area contributed by atoms with Crippen LogP contribution in [0.5, 0.6) is 0 Å². The van der Waals surface area contributed by atoms with Crippen molar-refractivity contribution in [3.05, 3.63) is 63.9 Å². The Labute approximate surface area is 160 Å². The van der Waals surface area contributed by atoms with E-state index in [1.54, 1.807) is 11.3 Å². The van der Waals surface area contributed by atoms with Crippen LogP contribution >= 0.6 is 22.7 Å². The highest BCUT2D eigenvalue weighted by Gasteiger charge is 2.16. The Balaban J connectivity index is 1.34. The third-order valence-electron chi connectivity index (χ3n) is 4.31. The predicted molar refractivity (Wildman–Crippen MR) is 109 cm³/mol. The van der Waals surface area contributed by atoms with Crippen molar-refractivity contribution < 1.29 is 4.79 Å². The molecule has 4 aromatic rings. The first-order chi connectivity index (χ1) is 12.7. The minimum Gasteiger partial charge on any atom is -0.351 e. The number of carbonyl (C=O) groups excluding carboxylic acids is 1. The maximum Gasteiger partial charge on any atom is 0.263 e. The number of nitrogens with one attached hydrogen (secondary N) is 1. The average Bonchev–Trinajstić information content (AvgIpc) is 3.38. The van der Waals surface area contributed by atoms with Gasteiger partial charge in [0.2, 0.25) is 0 Å². The van der Waals surface area contributed by atoms with E-state index < -0.39 is 0 Å². The number of fused-ring (bicyclic) bond motifs is 1. The molecule has 1 N–H and O–H groups in total. The molecule has 0 aliphatic rings. The van der Waals surface area contributed by atoms with E-state index in [2.05, 4.69) is 56.8 Å². The smallest absolute Gasteiger partial charge is 0.263 e. The van der Waals surface area contributed by atoms with Crippen LogP contribution < -0.4 is 5.32 Å². The zero-order valence-corrected chi connectivity index (χ0v) is 16.1. The van der Waals surface area contributed by atoms with Crippen LogP contribution in [-0.4, -0.2) is 22.0 Å². The Morgan fingerprint density at radius 1 is 1.23 bits per heavy atom. The lowest BCUT2D eigenvalue weighted by molar-refractivity contribution is 0.0956. The molecular weight excluding hydrogens is 362 g/mol. The van der Waals surface area contributed by atoms with Crippen LogP contribution in [0.15, 0.2) is 53.4 Å². The monoisotopic (exact) mass is 381 g/mol. The van der Waals surface area contributed by atoms with Crippen molar-refractivity contribution in [3.63, 3.8) is 0 Å². The normalized spacial score (nSPS) is 11.1. The molecule has 0 spiro atoms. The molecule has 1 amide bonds. The van der Waals surface area contributed by atoms with E-state index in [0.717, 1.165) is 29.2 Å². The standard InChI is InChI=1S/C20H19N3OS2/c1-14-18(26-20(22-14)16-8-12-25-13-16)19(24)21-9-4-10-23-11-7-15-5-2-3-6-17(15)23/h2-3,5-8,11-13H,4,9-10H2,1H3,(H,21,24). The van der Waals surface area contributed by atoms with Gasteiger partial charge in [0.15, 0.2) is 0 Å². The minimum absolute atomic E-state index is 0.0288. The summed E-state index contributed by atoms with van der Waals surface area (Å²) in [6.45, 7) is 3.43. The molecule has 0 radical (unpaired) electrons. The summed E-state index contributed by atoms with van der Waals surface area (Å²) in [5, 5.41) is 9.27. The van der Waals surface area contributed by atoms with Gasteiger partial charge in [-0.15, -0.1) is 11.3 Å². The second-order valence-corrected chi connectivity index (χ2v) is 7.90. The highest BCUT2D eigenvalue weighted by Crippen LogP contribution is 2.29. The van der Waals surface area contributed by atoms with Gasteiger partial charge in [-0.05, 0) is 42.3 Å². The second kappa shape index (κ2) is 7.43. The molecular formula is C20H19N3OS2. The maximum absolute atomic E-state index is 12.5. The number of carbonyl (C=O) groups is 1. The molecule has 0 fully saturated rings. The molecule has 4 rings (SSSR count). The minimum atomic E-state index is -0.0288. The van der Waals surface area contributed by atoms with Crippen molar-refractivity contribution in [2.24, 2.45) is 0 Å². The average molecular weight is 382 g/mol. The molecule has 0 saturated heterocycles. The first-order valence-electron chi connectivity index (χ1n) is 8.54. The molecule has 0 bridgehead atoms. The van der Waals surface area contributed by atoms with Gasteiger partial charge >= 0.3 is 0 Å². The van der Waals surface area contributed by atoms with Gasteiger partial charge in [0.25, 0.3) is 5.91 Å². The number of para-hydroxylation sites is 1. The summed E-state index contributed by atoms with van der Waals surface area (Å²) in [6, 6.07) is 12.5. The summed E-state index contributed by atoms with van der Waals surface area (Å²) >= 11 is 3.10. The second-order valence-electron chi connectivity index (χ2n) is 6.12. The van der Waals surface area contributed by atoms with Crippen LogP contribution in [0.2, 0.25) is 0 Å². The summed E-state index contributed by atoms with van der Waals surface area (Å²) in [5.41, 5.74) is 3.12. The third kappa shape index (κ3) is 3.43. The Hall–Kier alpha value is -2.44. The van der Waals surface area contributed by atoms with Gasteiger partial charge in [0.05, 0.1) is 5.69 Å². The highest BCUT2D eigenvalue weighted by atomic mass is 32.1. The zero-order valence-electron chi connectivity index (χ0n) is 14.4. The topological polar surface area (TPSA) is 46.9 Å². The van der Waals surface area contributed by atoms with Crippen molar-refractivity contribution in [2.75, 3.05) is 6.54 Å². The van der Waals surface area contributed by atoms with Gasteiger partial charge in [0, 0.05) is 35.7 Å². The first kappa shape index (κ1) is 17.0. The Kier molecular flexibility index (Phi) is 4.86. The van der Waals surface area contributed by atoms with E-state index in [1.165, 1.54) is 22.2 Å². The van der Waals surface area contributed by atoms with Crippen molar-refractivity contribution in [3.8, 4) is 10.6 Å². The van der Waals surface area contributed by atoms with Crippen molar-refractivity contribution in [1.82, 2.24) is 14.9 Å². The molecule has 132 valence electrons.